The monoisotopic (exact) mass is 452 g/mol. The molecule has 3 aromatic rings. The predicted molar refractivity (Wildman–Crippen MR) is 125 cm³/mol. The number of anilines is 2. The summed E-state index contributed by atoms with van der Waals surface area (Å²) in [4.78, 5) is 4.51. The number of methoxy groups -OCH3 is 1. The van der Waals surface area contributed by atoms with Gasteiger partial charge in [0.2, 0.25) is 0 Å². The number of aliphatic hydroxyl groups is 1. The highest BCUT2D eigenvalue weighted by Crippen LogP contribution is 2.32. The van der Waals surface area contributed by atoms with Gasteiger partial charge in [-0.15, -0.1) is 5.10 Å². The number of nitrogens with zero attached hydrogens (tertiary/aromatic N) is 5. The van der Waals surface area contributed by atoms with Crippen molar-refractivity contribution in [2.75, 3.05) is 56.7 Å². The molecule has 1 aromatic heterocycles. The van der Waals surface area contributed by atoms with E-state index in [-0.39, 0.29) is 6.61 Å². The van der Waals surface area contributed by atoms with Crippen molar-refractivity contribution in [1.82, 2.24) is 15.1 Å². The van der Waals surface area contributed by atoms with Gasteiger partial charge in [0, 0.05) is 55.7 Å². The normalized spacial score (nSPS) is 14.4. The maximum absolute atomic E-state index is 9.62. The Labute approximate surface area is 192 Å². The number of aromatic nitrogens is 2. The Balaban J connectivity index is 1.61. The Bertz CT molecular complexity index is 1140. The number of rotatable bonds is 7. The highest BCUT2D eigenvalue weighted by molar-refractivity contribution is 6.32. The number of aliphatic hydroxyl groups excluding tert-OH is 1. The van der Waals surface area contributed by atoms with Crippen LogP contribution in [0.3, 0.4) is 0 Å². The number of benzene rings is 2. The Morgan fingerprint density at radius 3 is 2.69 bits per heavy atom. The van der Waals surface area contributed by atoms with Crippen LogP contribution in [0.1, 0.15) is 11.1 Å². The molecule has 1 saturated heterocycles. The van der Waals surface area contributed by atoms with Crippen molar-refractivity contribution in [3.63, 3.8) is 0 Å². The molecule has 32 heavy (non-hydrogen) atoms. The first-order chi connectivity index (χ1) is 15.6. The average molecular weight is 453 g/mol. The largest absolute Gasteiger partial charge is 0.495 e. The fraction of sp³-hybridized carbons (Fsp3) is 0.348. The second-order valence-electron chi connectivity index (χ2n) is 7.64. The topological polar surface area (TPSA) is 97.5 Å². The van der Waals surface area contributed by atoms with Crippen molar-refractivity contribution in [1.29, 1.82) is 5.26 Å². The maximum atomic E-state index is 9.62. The first-order valence-corrected chi connectivity index (χ1v) is 10.8. The molecule has 0 unspecified atom stereocenters. The average Bonchev–Trinajstić information content (AvgIpc) is 2.83. The van der Waals surface area contributed by atoms with Crippen LogP contribution in [0.4, 0.5) is 11.5 Å². The van der Waals surface area contributed by atoms with Crippen LogP contribution in [0.2, 0.25) is 5.02 Å². The van der Waals surface area contributed by atoms with Crippen LogP contribution in [0.15, 0.2) is 36.5 Å². The summed E-state index contributed by atoms with van der Waals surface area (Å²) in [6.45, 7) is 4.71. The van der Waals surface area contributed by atoms with Crippen LogP contribution in [-0.4, -0.2) is 66.6 Å². The molecular weight excluding hydrogens is 428 g/mol. The molecule has 0 amide bonds. The van der Waals surface area contributed by atoms with Crippen molar-refractivity contribution in [2.45, 2.75) is 6.54 Å². The molecule has 0 radical (unpaired) electrons. The first kappa shape index (κ1) is 22.1. The Morgan fingerprint density at radius 1 is 1.19 bits per heavy atom. The minimum absolute atomic E-state index is 0.164. The van der Waals surface area contributed by atoms with Gasteiger partial charge in [0.25, 0.3) is 0 Å². The zero-order valence-corrected chi connectivity index (χ0v) is 18.6. The number of nitrogens with one attached hydrogen (secondary N) is 1. The van der Waals surface area contributed by atoms with E-state index in [2.05, 4.69) is 31.4 Å². The van der Waals surface area contributed by atoms with E-state index < -0.39 is 0 Å². The fourth-order valence-electron chi connectivity index (χ4n) is 3.98. The summed E-state index contributed by atoms with van der Waals surface area (Å²) in [6.07, 6.45) is 1.75. The molecule has 0 bridgehead atoms. The lowest BCUT2D eigenvalue weighted by Gasteiger charge is -2.36. The number of halogens is 1. The van der Waals surface area contributed by atoms with Crippen molar-refractivity contribution < 1.29 is 9.84 Å². The Kier molecular flexibility index (Phi) is 6.90. The van der Waals surface area contributed by atoms with Gasteiger partial charge in [-0.2, -0.15) is 10.4 Å². The summed E-state index contributed by atoms with van der Waals surface area (Å²) in [7, 11) is 1.59. The lowest BCUT2D eigenvalue weighted by atomic mass is 10.1. The van der Waals surface area contributed by atoms with Gasteiger partial charge in [-0.05, 0) is 29.8 Å². The molecule has 2 heterocycles. The standard InChI is InChI=1S/C23H25ClN6O2/c1-32-22-3-2-16(11-20(22)24)14-26-23-18-10-17(13-25)12-21(19(18)15-27-28-23)30-6-4-29(5-7-30)8-9-31/h2-3,10-12,15,31H,4-9,14H2,1H3,(H,26,28). The van der Waals surface area contributed by atoms with Crippen LogP contribution in [0.5, 0.6) is 5.75 Å². The van der Waals surface area contributed by atoms with Gasteiger partial charge in [0.1, 0.15) is 5.75 Å². The Hall–Kier alpha value is -3.12. The van der Waals surface area contributed by atoms with Gasteiger partial charge >= 0.3 is 0 Å². The van der Waals surface area contributed by atoms with E-state index in [1.165, 1.54) is 0 Å². The molecule has 9 heteroatoms. The zero-order valence-electron chi connectivity index (χ0n) is 17.9. The molecule has 0 atom stereocenters. The molecule has 1 aliphatic rings. The van der Waals surface area contributed by atoms with Crippen molar-refractivity contribution >= 4 is 33.9 Å². The summed E-state index contributed by atoms with van der Waals surface area (Å²) in [5.74, 6) is 1.24. The van der Waals surface area contributed by atoms with Gasteiger partial charge in [-0.1, -0.05) is 17.7 Å². The lowest BCUT2D eigenvalue weighted by molar-refractivity contribution is 0.189. The van der Waals surface area contributed by atoms with Gasteiger partial charge in [0.05, 0.1) is 36.6 Å². The van der Waals surface area contributed by atoms with E-state index >= 15 is 0 Å². The van der Waals surface area contributed by atoms with Crippen molar-refractivity contribution in [3.8, 4) is 11.8 Å². The molecule has 0 aliphatic carbocycles. The van der Waals surface area contributed by atoms with Gasteiger partial charge in [-0.3, -0.25) is 4.90 Å². The van der Waals surface area contributed by atoms with Gasteiger partial charge in [0.15, 0.2) is 5.82 Å². The maximum Gasteiger partial charge on any atom is 0.156 e. The SMILES string of the molecule is COc1ccc(CNc2nncc3c(N4CCN(CCO)CC4)cc(C#N)cc23)cc1Cl. The first-order valence-electron chi connectivity index (χ1n) is 10.5. The number of β-amino-alcohol motifs (C(OH)–C–C–N with tert-alkyl or cyclic N) is 1. The summed E-state index contributed by atoms with van der Waals surface area (Å²) in [5.41, 5.74) is 2.54. The minimum atomic E-state index is 0.164. The fourth-order valence-corrected chi connectivity index (χ4v) is 4.26. The molecular formula is C23H25ClN6O2. The summed E-state index contributed by atoms with van der Waals surface area (Å²) < 4.78 is 5.21. The highest BCUT2D eigenvalue weighted by atomic mass is 35.5. The van der Waals surface area contributed by atoms with E-state index in [1.54, 1.807) is 13.3 Å². The van der Waals surface area contributed by atoms with E-state index in [9.17, 15) is 10.4 Å². The van der Waals surface area contributed by atoms with E-state index in [0.717, 1.165) is 48.2 Å². The van der Waals surface area contributed by atoms with Crippen LogP contribution in [0, 0.1) is 11.3 Å². The van der Waals surface area contributed by atoms with Crippen molar-refractivity contribution in [2.24, 2.45) is 0 Å². The number of hydrogen-bond acceptors (Lipinski definition) is 8. The number of hydrogen-bond donors (Lipinski definition) is 2. The van der Waals surface area contributed by atoms with Gasteiger partial charge < -0.3 is 20.1 Å². The van der Waals surface area contributed by atoms with E-state index in [4.69, 9.17) is 16.3 Å². The summed E-state index contributed by atoms with van der Waals surface area (Å²) in [6, 6.07) is 11.7. The Morgan fingerprint density at radius 2 is 2.00 bits per heavy atom. The smallest absolute Gasteiger partial charge is 0.156 e. The third-order valence-electron chi connectivity index (χ3n) is 5.69. The zero-order chi connectivity index (χ0) is 22.5. The van der Waals surface area contributed by atoms with Gasteiger partial charge in [-0.25, -0.2) is 0 Å². The predicted octanol–water partition coefficient (Wildman–Crippen LogP) is 2.89. The molecule has 166 valence electrons. The van der Waals surface area contributed by atoms with E-state index in [1.807, 2.05) is 30.3 Å². The molecule has 0 saturated carbocycles. The molecule has 2 N–H and O–H groups in total. The van der Waals surface area contributed by atoms with Crippen LogP contribution in [-0.2, 0) is 6.54 Å². The van der Waals surface area contributed by atoms with Crippen LogP contribution < -0.4 is 15.0 Å². The van der Waals surface area contributed by atoms with Crippen LogP contribution in [0.25, 0.3) is 10.8 Å². The van der Waals surface area contributed by atoms with Crippen LogP contribution >= 0.6 is 11.6 Å². The number of ether oxygens (including phenoxy) is 1. The molecule has 8 nitrogen and oxygen atoms in total. The number of nitriles is 1. The molecule has 1 aliphatic heterocycles. The molecule has 4 rings (SSSR count). The molecule has 1 fully saturated rings. The van der Waals surface area contributed by atoms with E-state index in [0.29, 0.717) is 35.2 Å². The highest BCUT2D eigenvalue weighted by Gasteiger charge is 2.20. The van der Waals surface area contributed by atoms with Crippen molar-refractivity contribution in [3.05, 3.63) is 52.7 Å². The second-order valence-corrected chi connectivity index (χ2v) is 8.04. The molecule has 0 spiro atoms. The summed E-state index contributed by atoms with van der Waals surface area (Å²) in [5, 5.41) is 33.0. The minimum Gasteiger partial charge on any atom is -0.495 e. The summed E-state index contributed by atoms with van der Waals surface area (Å²) >= 11 is 6.24. The lowest BCUT2D eigenvalue weighted by Crippen LogP contribution is -2.47. The quantitative estimate of drug-likeness (QED) is 0.564. The third kappa shape index (κ3) is 4.70. The second kappa shape index (κ2) is 10.0. The molecule has 2 aromatic carbocycles. The third-order valence-corrected chi connectivity index (χ3v) is 5.99. The number of fused-ring (bicyclic) bond motifs is 1. The number of piperazine rings is 1.